The third-order valence-corrected chi connectivity index (χ3v) is 3.55. The predicted molar refractivity (Wildman–Crippen MR) is 72.4 cm³/mol. The van der Waals surface area contributed by atoms with E-state index in [0.29, 0.717) is 17.1 Å². The van der Waals surface area contributed by atoms with Crippen molar-refractivity contribution >= 4 is 11.7 Å². The Labute approximate surface area is 115 Å². The van der Waals surface area contributed by atoms with E-state index in [4.69, 9.17) is 0 Å². The number of carbonyl (C=O) groups is 1. The largest absolute Gasteiger partial charge is 0.478 e. The molecule has 1 aliphatic rings. The van der Waals surface area contributed by atoms with Crippen molar-refractivity contribution in [1.82, 2.24) is 4.57 Å². The summed E-state index contributed by atoms with van der Waals surface area (Å²) in [7, 11) is 1.74. The number of aryl methyl sites for hydroxylation is 1. The summed E-state index contributed by atoms with van der Waals surface area (Å²) >= 11 is 0. The fourth-order valence-electron chi connectivity index (χ4n) is 2.68. The lowest BCUT2D eigenvalue weighted by atomic mass is 9.83. The van der Waals surface area contributed by atoms with Gasteiger partial charge in [-0.2, -0.15) is 0 Å². The standard InChI is InChI=1S/C13H15N3O4/c1-7-10(13(17)18)11(9-5-4-6-15(9)3)12(16(19)20)8(2)14-7/h4-6,11-12H,1-3H3,(H,17,18). The van der Waals surface area contributed by atoms with Crippen molar-refractivity contribution in [2.75, 3.05) is 0 Å². The van der Waals surface area contributed by atoms with Crippen LogP contribution in [0.2, 0.25) is 0 Å². The van der Waals surface area contributed by atoms with Crippen LogP contribution in [-0.2, 0) is 11.8 Å². The lowest BCUT2D eigenvalue weighted by Crippen LogP contribution is -2.40. The summed E-state index contributed by atoms with van der Waals surface area (Å²) in [5.74, 6) is -2.00. The summed E-state index contributed by atoms with van der Waals surface area (Å²) in [6.07, 6.45) is 1.74. The second-order valence-corrected chi connectivity index (χ2v) is 4.81. The summed E-state index contributed by atoms with van der Waals surface area (Å²) in [6.45, 7) is 3.13. The van der Waals surface area contributed by atoms with Crippen molar-refractivity contribution in [3.8, 4) is 0 Å². The van der Waals surface area contributed by atoms with Crippen molar-refractivity contribution < 1.29 is 14.8 Å². The Bertz CT molecular complexity index is 642. The zero-order valence-corrected chi connectivity index (χ0v) is 11.4. The normalized spacial score (nSPS) is 22.6. The number of aromatic nitrogens is 1. The summed E-state index contributed by atoms with van der Waals surface area (Å²) in [6, 6.07) is 2.29. The van der Waals surface area contributed by atoms with E-state index in [0.717, 1.165) is 0 Å². The molecule has 0 bridgehead atoms. The maximum Gasteiger partial charge on any atom is 0.334 e. The second kappa shape index (κ2) is 4.92. The minimum atomic E-state index is -1.17. The Morgan fingerprint density at radius 3 is 2.60 bits per heavy atom. The average Bonchev–Trinajstić information content (AvgIpc) is 2.72. The topological polar surface area (TPSA) is 97.7 Å². The van der Waals surface area contributed by atoms with Crippen molar-refractivity contribution in [3.63, 3.8) is 0 Å². The number of hydrogen-bond acceptors (Lipinski definition) is 4. The fourth-order valence-corrected chi connectivity index (χ4v) is 2.68. The summed E-state index contributed by atoms with van der Waals surface area (Å²) < 4.78 is 1.70. The van der Waals surface area contributed by atoms with E-state index in [2.05, 4.69) is 4.99 Å². The maximum atomic E-state index is 11.5. The van der Waals surface area contributed by atoms with E-state index in [1.165, 1.54) is 0 Å². The van der Waals surface area contributed by atoms with Crippen LogP contribution < -0.4 is 0 Å². The van der Waals surface area contributed by atoms with Gasteiger partial charge >= 0.3 is 5.97 Å². The minimum Gasteiger partial charge on any atom is -0.478 e. The molecule has 0 aromatic carbocycles. The first kappa shape index (κ1) is 14.0. The minimum absolute atomic E-state index is 0.0147. The van der Waals surface area contributed by atoms with Gasteiger partial charge in [0, 0.05) is 29.6 Å². The quantitative estimate of drug-likeness (QED) is 0.670. The molecule has 1 aromatic rings. The average molecular weight is 277 g/mol. The highest BCUT2D eigenvalue weighted by molar-refractivity contribution is 5.97. The monoisotopic (exact) mass is 277 g/mol. The van der Waals surface area contributed by atoms with Gasteiger partial charge in [-0.3, -0.25) is 15.1 Å². The SMILES string of the molecule is CC1=NC(C)=C(C(=O)O)C(c2cccn2C)C1[N+](=O)[O-]. The zero-order chi connectivity index (χ0) is 15.0. The first-order valence-corrected chi connectivity index (χ1v) is 6.08. The lowest BCUT2D eigenvalue weighted by molar-refractivity contribution is -0.505. The molecule has 2 unspecified atom stereocenters. The Morgan fingerprint density at radius 1 is 1.50 bits per heavy atom. The number of carboxylic acid groups (broad SMARTS) is 1. The molecule has 1 aliphatic heterocycles. The molecule has 0 saturated carbocycles. The Kier molecular flexibility index (Phi) is 3.44. The molecule has 1 aromatic heterocycles. The molecule has 2 rings (SSSR count). The van der Waals surface area contributed by atoms with Gasteiger partial charge in [0.05, 0.1) is 11.3 Å². The van der Waals surface area contributed by atoms with Gasteiger partial charge in [0.2, 0.25) is 0 Å². The number of hydrogen-bond donors (Lipinski definition) is 1. The molecular weight excluding hydrogens is 262 g/mol. The smallest absolute Gasteiger partial charge is 0.334 e. The van der Waals surface area contributed by atoms with Crippen LogP contribution >= 0.6 is 0 Å². The summed E-state index contributed by atoms with van der Waals surface area (Å²) in [5, 5.41) is 20.8. The van der Waals surface area contributed by atoms with E-state index in [1.807, 2.05) is 0 Å². The fraction of sp³-hybridized carbons (Fsp3) is 0.385. The van der Waals surface area contributed by atoms with Gasteiger partial charge < -0.3 is 9.67 Å². The summed E-state index contributed by atoms with van der Waals surface area (Å²) in [4.78, 5) is 26.4. The molecule has 7 nitrogen and oxygen atoms in total. The third-order valence-electron chi connectivity index (χ3n) is 3.55. The number of allylic oxidation sites excluding steroid dienone is 1. The van der Waals surface area contributed by atoms with Gasteiger partial charge in [0.15, 0.2) is 0 Å². The first-order chi connectivity index (χ1) is 9.34. The molecule has 7 heteroatoms. The zero-order valence-electron chi connectivity index (χ0n) is 11.4. The van der Waals surface area contributed by atoms with Crippen LogP contribution in [0.1, 0.15) is 25.5 Å². The van der Waals surface area contributed by atoms with Crippen LogP contribution in [0.5, 0.6) is 0 Å². The molecule has 106 valence electrons. The highest BCUT2D eigenvalue weighted by atomic mass is 16.6. The molecule has 0 aliphatic carbocycles. The van der Waals surface area contributed by atoms with Gasteiger partial charge in [0.1, 0.15) is 5.92 Å². The molecule has 0 spiro atoms. The maximum absolute atomic E-state index is 11.5. The van der Waals surface area contributed by atoms with Crippen LogP contribution in [0.3, 0.4) is 0 Å². The van der Waals surface area contributed by atoms with Gasteiger partial charge in [0.25, 0.3) is 6.04 Å². The van der Waals surface area contributed by atoms with Crippen molar-refractivity contribution in [2.24, 2.45) is 12.0 Å². The van der Waals surface area contributed by atoms with Crippen LogP contribution in [0.4, 0.5) is 0 Å². The van der Waals surface area contributed by atoms with Gasteiger partial charge in [-0.15, -0.1) is 0 Å². The molecular formula is C13H15N3O4. The highest BCUT2D eigenvalue weighted by Crippen LogP contribution is 2.36. The number of nitrogens with zero attached hydrogens (tertiary/aromatic N) is 3. The number of aliphatic carboxylic acids is 1. The van der Waals surface area contributed by atoms with Crippen molar-refractivity contribution in [1.29, 1.82) is 0 Å². The Morgan fingerprint density at radius 2 is 2.15 bits per heavy atom. The first-order valence-electron chi connectivity index (χ1n) is 6.08. The van der Waals surface area contributed by atoms with Crippen LogP contribution in [0.25, 0.3) is 0 Å². The molecule has 2 heterocycles. The third kappa shape index (κ3) is 2.11. The number of carboxylic acids is 1. The molecule has 0 fully saturated rings. The molecule has 1 N–H and O–H groups in total. The number of nitro groups is 1. The predicted octanol–water partition coefficient (Wildman–Crippen LogP) is 1.59. The number of rotatable bonds is 3. The van der Waals surface area contributed by atoms with E-state index in [-0.39, 0.29) is 5.57 Å². The van der Waals surface area contributed by atoms with E-state index in [9.17, 15) is 20.0 Å². The number of aliphatic imine (C=N–C) groups is 1. The highest BCUT2D eigenvalue weighted by Gasteiger charge is 2.45. The summed E-state index contributed by atoms with van der Waals surface area (Å²) in [5.41, 5.74) is 1.22. The molecule has 2 atom stereocenters. The van der Waals surface area contributed by atoms with E-state index in [1.54, 1.807) is 43.8 Å². The van der Waals surface area contributed by atoms with Crippen LogP contribution in [0.15, 0.2) is 34.6 Å². The molecule has 0 saturated heterocycles. The Hall–Kier alpha value is -2.44. The second-order valence-electron chi connectivity index (χ2n) is 4.81. The molecule has 0 amide bonds. The molecule has 0 radical (unpaired) electrons. The van der Waals surface area contributed by atoms with Crippen molar-refractivity contribution in [3.05, 3.63) is 45.4 Å². The van der Waals surface area contributed by atoms with Crippen molar-refractivity contribution in [2.45, 2.75) is 25.8 Å². The van der Waals surface area contributed by atoms with E-state index >= 15 is 0 Å². The van der Waals surface area contributed by atoms with Gasteiger partial charge in [-0.05, 0) is 26.0 Å². The molecule has 20 heavy (non-hydrogen) atoms. The Balaban J connectivity index is 2.68. The lowest BCUT2D eigenvalue weighted by Gasteiger charge is -2.26. The van der Waals surface area contributed by atoms with Crippen LogP contribution in [0, 0.1) is 10.1 Å². The van der Waals surface area contributed by atoms with Gasteiger partial charge in [-0.1, -0.05) is 0 Å². The van der Waals surface area contributed by atoms with E-state index < -0.39 is 22.9 Å². The van der Waals surface area contributed by atoms with Gasteiger partial charge in [-0.25, -0.2) is 4.79 Å². The van der Waals surface area contributed by atoms with Crippen LogP contribution in [-0.4, -0.2) is 32.3 Å².